The van der Waals surface area contributed by atoms with E-state index in [0.29, 0.717) is 0 Å². The van der Waals surface area contributed by atoms with E-state index in [1.807, 2.05) is 23.9 Å². The van der Waals surface area contributed by atoms with Gasteiger partial charge in [-0.15, -0.1) is 0 Å². The summed E-state index contributed by atoms with van der Waals surface area (Å²) in [5, 5.41) is 3.30. The van der Waals surface area contributed by atoms with Crippen LogP contribution in [0.25, 0.3) is 0 Å². The predicted octanol–water partition coefficient (Wildman–Crippen LogP) is 3.04. The van der Waals surface area contributed by atoms with Crippen molar-refractivity contribution < 1.29 is 4.74 Å². The van der Waals surface area contributed by atoms with Crippen LogP contribution in [0.4, 0.5) is 5.82 Å². The first-order valence-corrected chi connectivity index (χ1v) is 6.99. The lowest BCUT2D eigenvalue weighted by Crippen LogP contribution is -2.03. The predicted molar refractivity (Wildman–Crippen MR) is 71.5 cm³/mol. The number of unbranched alkanes of at least 4 members (excludes halogenated alkanes) is 2. The number of hydrogen-bond acceptors (Lipinski definition) is 4. The lowest BCUT2D eigenvalue weighted by atomic mass is 10.2. The summed E-state index contributed by atoms with van der Waals surface area (Å²) in [7, 11) is 1.65. The Morgan fingerprint density at radius 3 is 2.81 bits per heavy atom. The maximum absolute atomic E-state index is 5.05. The summed E-state index contributed by atoms with van der Waals surface area (Å²) in [5.74, 6) is 2.98. The van der Waals surface area contributed by atoms with Crippen LogP contribution < -0.4 is 10.1 Å². The first kappa shape index (κ1) is 13.2. The number of anilines is 1. The minimum atomic E-state index is 0.797. The van der Waals surface area contributed by atoms with Crippen molar-refractivity contribution in [1.82, 2.24) is 4.98 Å². The molecule has 1 N–H and O–H groups in total. The number of rotatable bonds is 8. The van der Waals surface area contributed by atoms with Crippen LogP contribution in [0.5, 0.6) is 5.75 Å². The number of thioether (sulfide) groups is 1. The Labute approximate surface area is 102 Å². The van der Waals surface area contributed by atoms with Gasteiger partial charge < -0.3 is 10.1 Å². The van der Waals surface area contributed by atoms with E-state index in [9.17, 15) is 0 Å². The third kappa shape index (κ3) is 5.26. The summed E-state index contributed by atoms with van der Waals surface area (Å²) < 4.78 is 5.05. The van der Waals surface area contributed by atoms with Gasteiger partial charge in [-0.1, -0.05) is 6.42 Å². The van der Waals surface area contributed by atoms with Crippen molar-refractivity contribution in [1.29, 1.82) is 0 Å². The van der Waals surface area contributed by atoms with Crippen molar-refractivity contribution in [3.8, 4) is 5.75 Å². The van der Waals surface area contributed by atoms with E-state index in [-0.39, 0.29) is 0 Å². The highest BCUT2D eigenvalue weighted by atomic mass is 32.2. The number of pyridine rings is 1. The Balaban J connectivity index is 2.12. The van der Waals surface area contributed by atoms with Crippen molar-refractivity contribution in [3.63, 3.8) is 0 Å². The van der Waals surface area contributed by atoms with Crippen LogP contribution in [0.1, 0.15) is 19.3 Å². The van der Waals surface area contributed by atoms with Crippen molar-refractivity contribution in [3.05, 3.63) is 18.3 Å². The van der Waals surface area contributed by atoms with Gasteiger partial charge in [0.25, 0.3) is 0 Å². The molecule has 16 heavy (non-hydrogen) atoms. The van der Waals surface area contributed by atoms with Gasteiger partial charge in [-0.05, 0) is 37.0 Å². The number of nitrogens with one attached hydrogen (secondary N) is 1. The smallest absolute Gasteiger partial charge is 0.137 e. The molecule has 1 heterocycles. The summed E-state index contributed by atoms with van der Waals surface area (Å²) >= 11 is 1.91. The molecule has 0 spiro atoms. The standard InChI is InChI=1S/C12H20N2OS/c1-15-11-6-7-12(14-10-11)13-8-4-3-5-9-16-2/h6-7,10H,3-5,8-9H2,1-2H3,(H,13,14). The molecule has 90 valence electrons. The van der Waals surface area contributed by atoms with E-state index in [0.717, 1.165) is 18.1 Å². The van der Waals surface area contributed by atoms with Crippen molar-refractivity contribution >= 4 is 17.6 Å². The summed E-state index contributed by atoms with van der Waals surface area (Å²) in [4.78, 5) is 4.24. The molecule has 0 amide bonds. The lowest BCUT2D eigenvalue weighted by Gasteiger charge is -2.05. The summed E-state index contributed by atoms with van der Waals surface area (Å²) in [6, 6.07) is 3.86. The third-order valence-corrected chi connectivity index (χ3v) is 3.00. The molecule has 0 aliphatic heterocycles. The molecule has 0 aliphatic carbocycles. The van der Waals surface area contributed by atoms with Gasteiger partial charge in [-0.2, -0.15) is 11.8 Å². The minimum absolute atomic E-state index is 0.797. The molecule has 0 fully saturated rings. The monoisotopic (exact) mass is 240 g/mol. The van der Waals surface area contributed by atoms with Crippen LogP contribution in [-0.2, 0) is 0 Å². The average molecular weight is 240 g/mol. The molecule has 0 radical (unpaired) electrons. The molecule has 1 aromatic rings. The Hall–Kier alpha value is -0.900. The van der Waals surface area contributed by atoms with E-state index >= 15 is 0 Å². The van der Waals surface area contributed by atoms with Gasteiger partial charge in [0, 0.05) is 6.54 Å². The SMILES string of the molecule is COc1ccc(NCCCCCSC)nc1. The number of nitrogens with zero attached hydrogens (tertiary/aromatic N) is 1. The maximum atomic E-state index is 5.05. The second-order valence-corrected chi connectivity index (χ2v) is 4.55. The normalized spacial score (nSPS) is 10.1. The molecule has 0 aliphatic rings. The molecule has 4 heteroatoms. The first-order valence-electron chi connectivity index (χ1n) is 5.59. The summed E-state index contributed by atoms with van der Waals surface area (Å²) in [6.07, 6.45) is 7.67. The molecule has 1 aromatic heterocycles. The van der Waals surface area contributed by atoms with Crippen LogP contribution in [0.15, 0.2) is 18.3 Å². The molecule has 0 saturated carbocycles. The highest BCUT2D eigenvalue weighted by Gasteiger charge is 1.94. The fourth-order valence-electron chi connectivity index (χ4n) is 1.37. The highest BCUT2D eigenvalue weighted by Crippen LogP contribution is 2.11. The Morgan fingerprint density at radius 2 is 2.19 bits per heavy atom. The quantitative estimate of drug-likeness (QED) is 0.708. The lowest BCUT2D eigenvalue weighted by molar-refractivity contribution is 0.413. The zero-order chi connectivity index (χ0) is 11.6. The van der Waals surface area contributed by atoms with Gasteiger partial charge in [0.05, 0.1) is 13.3 Å². The molecule has 0 aromatic carbocycles. The van der Waals surface area contributed by atoms with Crippen molar-refractivity contribution in [2.45, 2.75) is 19.3 Å². The fraction of sp³-hybridized carbons (Fsp3) is 0.583. The second-order valence-electron chi connectivity index (χ2n) is 3.56. The van der Waals surface area contributed by atoms with Gasteiger partial charge >= 0.3 is 0 Å². The number of hydrogen-bond donors (Lipinski definition) is 1. The molecular formula is C12H20N2OS. The van der Waals surface area contributed by atoms with E-state index in [1.165, 1.54) is 25.0 Å². The largest absolute Gasteiger partial charge is 0.495 e. The van der Waals surface area contributed by atoms with Gasteiger partial charge in [0.2, 0.25) is 0 Å². The van der Waals surface area contributed by atoms with E-state index in [2.05, 4.69) is 16.6 Å². The minimum Gasteiger partial charge on any atom is -0.495 e. The molecule has 3 nitrogen and oxygen atoms in total. The number of methoxy groups -OCH3 is 1. The van der Waals surface area contributed by atoms with Crippen LogP contribution in [0.2, 0.25) is 0 Å². The highest BCUT2D eigenvalue weighted by molar-refractivity contribution is 7.98. The topological polar surface area (TPSA) is 34.1 Å². The van der Waals surface area contributed by atoms with Crippen LogP contribution in [0, 0.1) is 0 Å². The molecule has 0 saturated heterocycles. The second kappa shape index (κ2) is 8.28. The van der Waals surface area contributed by atoms with Crippen LogP contribution >= 0.6 is 11.8 Å². The Kier molecular flexibility index (Phi) is 6.81. The third-order valence-electron chi connectivity index (χ3n) is 2.30. The fourth-order valence-corrected chi connectivity index (χ4v) is 1.86. The molecule has 0 atom stereocenters. The van der Waals surface area contributed by atoms with E-state index < -0.39 is 0 Å². The van der Waals surface area contributed by atoms with Gasteiger partial charge in [0.1, 0.15) is 11.6 Å². The maximum Gasteiger partial charge on any atom is 0.137 e. The Morgan fingerprint density at radius 1 is 1.31 bits per heavy atom. The Bertz CT molecular complexity index is 277. The van der Waals surface area contributed by atoms with Gasteiger partial charge in [-0.25, -0.2) is 4.98 Å². The van der Waals surface area contributed by atoms with Gasteiger partial charge in [0.15, 0.2) is 0 Å². The number of aromatic nitrogens is 1. The molecule has 1 rings (SSSR count). The van der Waals surface area contributed by atoms with E-state index in [4.69, 9.17) is 4.74 Å². The molecule has 0 bridgehead atoms. The zero-order valence-corrected chi connectivity index (χ0v) is 10.8. The molecular weight excluding hydrogens is 220 g/mol. The van der Waals surface area contributed by atoms with E-state index in [1.54, 1.807) is 13.3 Å². The van der Waals surface area contributed by atoms with Crippen molar-refractivity contribution in [2.24, 2.45) is 0 Å². The van der Waals surface area contributed by atoms with Crippen molar-refractivity contribution in [2.75, 3.05) is 31.0 Å². The van der Waals surface area contributed by atoms with Crippen LogP contribution in [-0.4, -0.2) is 30.6 Å². The average Bonchev–Trinajstić information content (AvgIpc) is 2.34. The van der Waals surface area contributed by atoms with Gasteiger partial charge in [-0.3, -0.25) is 0 Å². The first-order chi connectivity index (χ1) is 7.86. The zero-order valence-electron chi connectivity index (χ0n) is 10.0. The summed E-state index contributed by atoms with van der Waals surface area (Å²) in [5.41, 5.74) is 0. The molecule has 0 unspecified atom stereocenters. The summed E-state index contributed by atoms with van der Waals surface area (Å²) in [6.45, 7) is 0.994. The van der Waals surface area contributed by atoms with Crippen LogP contribution in [0.3, 0.4) is 0 Å². The number of ether oxygens (including phenoxy) is 1.